The van der Waals surface area contributed by atoms with E-state index in [9.17, 15) is 24.3 Å². The second kappa shape index (κ2) is 9.74. The number of amides is 3. The second-order valence-electron chi connectivity index (χ2n) is 8.13. The molecule has 0 saturated carbocycles. The number of thiophene rings is 1. The molecule has 0 spiro atoms. The zero-order chi connectivity index (χ0) is 23.5. The summed E-state index contributed by atoms with van der Waals surface area (Å²) in [6.07, 6.45) is -0.577. The number of ether oxygens (including phenoxy) is 1. The Kier molecular flexibility index (Phi) is 7.25. The molecule has 10 heteroatoms. The number of thioether (sulfide) groups is 1. The highest BCUT2D eigenvalue weighted by atomic mass is 32.2. The Bertz CT molecular complexity index is 981. The lowest BCUT2D eigenvalue weighted by atomic mass is 10.1. The van der Waals surface area contributed by atoms with Crippen molar-refractivity contribution in [3.63, 3.8) is 0 Å². The van der Waals surface area contributed by atoms with Crippen LogP contribution in [0.1, 0.15) is 52.4 Å². The highest BCUT2D eigenvalue weighted by Gasteiger charge is 2.42. The molecule has 2 aromatic rings. The van der Waals surface area contributed by atoms with Crippen LogP contribution in [0, 0.1) is 0 Å². The maximum Gasteiger partial charge on any atom is 0.408 e. The van der Waals surface area contributed by atoms with Gasteiger partial charge in [-0.2, -0.15) is 11.8 Å². The topological polar surface area (TPSA) is 113 Å². The minimum absolute atomic E-state index is 0.0152. The van der Waals surface area contributed by atoms with Crippen LogP contribution in [0.4, 0.5) is 4.79 Å². The first-order valence-electron chi connectivity index (χ1n) is 9.89. The summed E-state index contributed by atoms with van der Waals surface area (Å²) in [6.45, 7) is 5.29. The summed E-state index contributed by atoms with van der Waals surface area (Å²) in [5.41, 5.74) is -0.245. The molecule has 0 unspecified atom stereocenters. The maximum atomic E-state index is 12.7. The van der Waals surface area contributed by atoms with Crippen LogP contribution in [-0.2, 0) is 9.53 Å². The fourth-order valence-corrected chi connectivity index (χ4v) is 5.21. The van der Waals surface area contributed by atoms with E-state index in [0.29, 0.717) is 5.75 Å². The van der Waals surface area contributed by atoms with Gasteiger partial charge >= 0.3 is 12.1 Å². The molecule has 8 nitrogen and oxygen atoms in total. The van der Waals surface area contributed by atoms with E-state index in [0.717, 1.165) is 9.78 Å². The molecule has 3 amide bonds. The Labute approximate surface area is 193 Å². The standard InChI is InChI=1S/C22H24N2O6S2/c1-22(2,3)30-21(29)23-15(17-9-6-10-32-17)11-31-12-16(20(27)28)24-18(25)13-7-4-5-8-14(13)19(24)26/h4-10,15-16H,11-12H2,1-3H3,(H,23,29)(H,27,28)/t15-,16-/m0/s1. The van der Waals surface area contributed by atoms with Gasteiger partial charge in [0.05, 0.1) is 17.2 Å². The number of hydrogen-bond donors (Lipinski definition) is 2. The molecule has 1 aliphatic heterocycles. The smallest absolute Gasteiger partial charge is 0.408 e. The average Bonchev–Trinajstić information content (AvgIpc) is 3.32. The van der Waals surface area contributed by atoms with Crippen LogP contribution < -0.4 is 5.32 Å². The predicted octanol–water partition coefficient (Wildman–Crippen LogP) is 3.80. The third-order valence-corrected chi connectivity index (χ3v) is 6.67. The third kappa shape index (κ3) is 5.49. The summed E-state index contributed by atoms with van der Waals surface area (Å²) in [7, 11) is 0. The Morgan fingerprint density at radius 2 is 1.72 bits per heavy atom. The van der Waals surface area contributed by atoms with Gasteiger partial charge in [0.25, 0.3) is 11.8 Å². The Morgan fingerprint density at radius 1 is 1.09 bits per heavy atom. The lowest BCUT2D eigenvalue weighted by Crippen LogP contribution is -2.46. The van der Waals surface area contributed by atoms with Crippen molar-refractivity contribution in [2.75, 3.05) is 11.5 Å². The number of hydrogen-bond acceptors (Lipinski definition) is 7. The van der Waals surface area contributed by atoms with Crippen molar-refractivity contribution in [2.24, 2.45) is 0 Å². The van der Waals surface area contributed by atoms with Gasteiger partial charge in [-0.3, -0.25) is 14.5 Å². The Morgan fingerprint density at radius 3 is 2.22 bits per heavy atom. The van der Waals surface area contributed by atoms with Gasteiger partial charge in [0.15, 0.2) is 0 Å². The van der Waals surface area contributed by atoms with E-state index in [1.54, 1.807) is 32.9 Å². The van der Waals surface area contributed by atoms with Crippen molar-refractivity contribution < 1.29 is 29.0 Å². The number of carbonyl (C=O) groups excluding carboxylic acids is 3. The quantitative estimate of drug-likeness (QED) is 0.557. The first-order valence-corrected chi connectivity index (χ1v) is 11.9. The van der Waals surface area contributed by atoms with Crippen molar-refractivity contribution in [3.05, 3.63) is 57.8 Å². The van der Waals surface area contributed by atoms with Crippen molar-refractivity contribution in [1.29, 1.82) is 0 Å². The monoisotopic (exact) mass is 476 g/mol. The van der Waals surface area contributed by atoms with E-state index in [1.165, 1.54) is 35.2 Å². The number of rotatable bonds is 8. The van der Waals surface area contributed by atoms with Crippen LogP contribution in [0.5, 0.6) is 0 Å². The third-order valence-electron chi connectivity index (χ3n) is 4.56. The fourth-order valence-electron chi connectivity index (χ4n) is 3.18. The average molecular weight is 477 g/mol. The number of carboxylic acids is 1. The maximum absolute atomic E-state index is 12.7. The lowest BCUT2D eigenvalue weighted by Gasteiger charge is -2.25. The molecule has 32 heavy (non-hydrogen) atoms. The number of benzene rings is 1. The van der Waals surface area contributed by atoms with Crippen molar-refractivity contribution in [1.82, 2.24) is 10.2 Å². The first-order chi connectivity index (χ1) is 15.1. The van der Waals surface area contributed by atoms with Gasteiger partial charge in [-0.05, 0) is 44.4 Å². The molecular formula is C22H24N2O6S2. The van der Waals surface area contributed by atoms with Crippen LogP contribution >= 0.6 is 23.1 Å². The normalized spacial score (nSPS) is 15.3. The van der Waals surface area contributed by atoms with E-state index >= 15 is 0 Å². The summed E-state index contributed by atoms with van der Waals surface area (Å²) in [5, 5.41) is 14.4. The van der Waals surface area contributed by atoms with E-state index in [2.05, 4.69) is 5.32 Å². The number of alkyl carbamates (subject to hydrolysis) is 1. The Hall–Kier alpha value is -2.85. The largest absolute Gasteiger partial charge is 0.480 e. The number of nitrogens with one attached hydrogen (secondary N) is 1. The van der Waals surface area contributed by atoms with Crippen LogP contribution in [0.2, 0.25) is 0 Å². The molecule has 0 bridgehead atoms. The molecule has 2 atom stereocenters. The molecule has 1 aromatic carbocycles. The van der Waals surface area contributed by atoms with Gasteiger partial charge in [-0.1, -0.05) is 18.2 Å². The summed E-state index contributed by atoms with van der Waals surface area (Å²) < 4.78 is 5.33. The minimum Gasteiger partial charge on any atom is -0.480 e. The Balaban J connectivity index is 1.68. The van der Waals surface area contributed by atoms with Gasteiger partial charge in [0, 0.05) is 16.4 Å². The van der Waals surface area contributed by atoms with Gasteiger partial charge in [0.2, 0.25) is 0 Å². The number of imide groups is 1. The second-order valence-corrected chi connectivity index (χ2v) is 10.2. The predicted molar refractivity (Wildman–Crippen MR) is 122 cm³/mol. The van der Waals surface area contributed by atoms with Crippen LogP contribution in [0.15, 0.2) is 41.8 Å². The SMILES string of the molecule is CC(C)(C)OC(=O)N[C@@H](CSC[C@@H](C(=O)O)N1C(=O)c2ccccc2C1=O)c1cccs1. The highest BCUT2D eigenvalue weighted by Crippen LogP contribution is 2.28. The van der Waals surface area contributed by atoms with Gasteiger partial charge in [-0.15, -0.1) is 11.3 Å². The molecule has 2 N–H and O–H groups in total. The minimum atomic E-state index is -1.32. The van der Waals surface area contributed by atoms with Crippen molar-refractivity contribution in [3.8, 4) is 0 Å². The van der Waals surface area contributed by atoms with Crippen molar-refractivity contribution >= 4 is 47.0 Å². The highest BCUT2D eigenvalue weighted by molar-refractivity contribution is 7.99. The van der Waals surface area contributed by atoms with Gasteiger partial charge in [-0.25, -0.2) is 9.59 Å². The zero-order valence-corrected chi connectivity index (χ0v) is 19.5. The van der Waals surface area contributed by atoms with Crippen LogP contribution in [-0.4, -0.2) is 57.0 Å². The number of carboxylic acid groups (broad SMARTS) is 1. The number of aliphatic carboxylic acids is 1. The molecule has 1 aliphatic rings. The number of carbonyl (C=O) groups is 4. The molecule has 0 radical (unpaired) electrons. The summed E-state index contributed by atoms with van der Waals surface area (Å²) in [6, 6.07) is 8.28. The molecule has 0 saturated heterocycles. The molecule has 0 fully saturated rings. The van der Waals surface area contributed by atoms with E-state index in [1.807, 2.05) is 17.5 Å². The van der Waals surface area contributed by atoms with Crippen molar-refractivity contribution in [2.45, 2.75) is 38.5 Å². The zero-order valence-electron chi connectivity index (χ0n) is 17.9. The van der Waals surface area contributed by atoms with E-state index in [-0.39, 0.29) is 16.9 Å². The fraction of sp³-hybridized carbons (Fsp3) is 0.364. The first kappa shape index (κ1) is 23.8. The van der Waals surface area contributed by atoms with Crippen LogP contribution in [0.25, 0.3) is 0 Å². The molecule has 3 rings (SSSR count). The molecule has 2 heterocycles. The molecule has 0 aliphatic carbocycles. The van der Waals surface area contributed by atoms with E-state index < -0.39 is 41.6 Å². The molecule has 170 valence electrons. The summed E-state index contributed by atoms with van der Waals surface area (Å²) >= 11 is 2.69. The van der Waals surface area contributed by atoms with Crippen LogP contribution in [0.3, 0.4) is 0 Å². The molecular weight excluding hydrogens is 452 g/mol. The molecule has 1 aromatic heterocycles. The number of fused-ring (bicyclic) bond motifs is 1. The van der Waals surface area contributed by atoms with E-state index in [4.69, 9.17) is 4.74 Å². The van der Waals surface area contributed by atoms with Gasteiger partial charge in [0.1, 0.15) is 11.6 Å². The van der Waals surface area contributed by atoms with Gasteiger partial charge < -0.3 is 15.2 Å². The lowest BCUT2D eigenvalue weighted by molar-refractivity contribution is -0.140. The summed E-state index contributed by atoms with van der Waals surface area (Å²) in [5.74, 6) is -2.16. The number of nitrogens with zero attached hydrogens (tertiary/aromatic N) is 1. The summed E-state index contributed by atoms with van der Waals surface area (Å²) in [4.78, 5) is 51.2.